The zero-order chi connectivity index (χ0) is 14.3. The largest absolute Gasteiger partial charge is 0.497 e. The van der Waals surface area contributed by atoms with Crippen molar-refractivity contribution >= 4 is 11.9 Å². The van der Waals surface area contributed by atoms with Crippen molar-refractivity contribution in [3.05, 3.63) is 29.8 Å². The van der Waals surface area contributed by atoms with Gasteiger partial charge in [0.25, 0.3) is 0 Å². The highest BCUT2D eigenvalue weighted by molar-refractivity contribution is 5.80. The lowest BCUT2D eigenvalue weighted by Gasteiger charge is -2.12. The van der Waals surface area contributed by atoms with Crippen molar-refractivity contribution in [2.75, 3.05) is 13.7 Å². The van der Waals surface area contributed by atoms with Crippen LogP contribution >= 0.6 is 0 Å². The molecule has 1 aromatic carbocycles. The quantitative estimate of drug-likeness (QED) is 0.643. The van der Waals surface area contributed by atoms with Crippen LogP contribution in [0.1, 0.15) is 12.0 Å². The van der Waals surface area contributed by atoms with Gasteiger partial charge in [-0.15, -0.1) is 0 Å². The second-order valence-electron chi connectivity index (χ2n) is 4.04. The van der Waals surface area contributed by atoms with Crippen LogP contribution in [0.25, 0.3) is 0 Å². The Labute approximate surface area is 111 Å². The SMILES string of the molecule is COc1ccc(CCNC(CC(=O)O)C(=O)O)cc1. The summed E-state index contributed by atoms with van der Waals surface area (Å²) in [5.41, 5.74) is 1.02. The molecule has 0 aromatic heterocycles. The number of nitrogens with one attached hydrogen (secondary N) is 1. The van der Waals surface area contributed by atoms with Crippen LogP contribution in [0.3, 0.4) is 0 Å². The molecule has 104 valence electrons. The van der Waals surface area contributed by atoms with Crippen molar-refractivity contribution < 1.29 is 24.5 Å². The minimum atomic E-state index is -1.16. The van der Waals surface area contributed by atoms with E-state index in [-0.39, 0.29) is 0 Å². The normalized spacial score (nSPS) is 11.8. The number of carboxylic acid groups (broad SMARTS) is 2. The third-order valence-corrected chi connectivity index (χ3v) is 2.64. The molecular formula is C13H17NO5. The maximum atomic E-state index is 10.8. The van der Waals surface area contributed by atoms with Gasteiger partial charge in [-0.2, -0.15) is 0 Å². The first-order chi connectivity index (χ1) is 9.02. The first-order valence-electron chi connectivity index (χ1n) is 5.84. The topological polar surface area (TPSA) is 95.9 Å². The Balaban J connectivity index is 2.42. The van der Waals surface area contributed by atoms with Gasteiger partial charge in [-0.1, -0.05) is 12.1 Å². The smallest absolute Gasteiger partial charge is 0.321 e. The molecule has 0 heterocycles. The molecule has 6 nitrogen and oxygen atoms in total. The molecule has 0 bridgehead atoms. The van der Waals surface area contributed by atoms with E-state index in [1.165, 1.54) is 0 Å². The standard InChI is InChI=1S/C13H17NO5/c1-19-10-4-2-9(3-5-10)6-7-14-11(13(17)18)8-12(15)16/h2-5,11,14H,6-8H2,1H3,(H,15,16)(H,17,18). The number of ether oxygens (including phenoxy) is 1. The highest BCUT2D eigenvalue weighted by atomic mass is 16.5. The van der Waals surface area contributed by atoms with Crippen molar-refractivity contribution in [2.45, 2.75) is 18.9 Å². The zero-order valence-electron chi connectivity index (χ0n) is 10.6. The lowest BCUT2D eigenvalue weighted by atomic mass is 10.1. The molecule has 1 rings (SSSR count). The Hall–Kier alpha value is -2.08. The van der Waals surface area contributed by atoms with Crippen LogP contribution in [0.4, 0.5) is 0 Å². The molecule has 0 saturated carbocycles. The number of aliphatic carboxylic acids is 2. The summed E-state index contributed by atoms with van der Waals surface area (Å²) in [6.07, 6.45) is 0.186. The Morgan fingerprint density at radius 2 is 1.89 bits per heavy atom. The van der Waals surface area contributed by atoms with E-state index in [4.69, 9.17) is 14.9 Å². The van der Waals surface area contributed by atoms with Crippen LogP contribution in [0, 0.1) is 0 Å². The van der Waals surface area contributed by atoms with Crippen molar-refractivity contribution in [1.29, 1.82) is 0 Å². The number of carbonyl (C=O) groups is 2. The number of rotatable bonds is 8. The Bertz CT molecular complexity index is 429. The van der Waals surface area contributed by atoms with E-state index in [9.17, 15) is 9.59 Å². The Morgan fingerprint density at radius 3 is 2.37 bits per heavy atom. The highest BCUT2D eigenvalue weighted by Crippen LogP contribution is 2.11. The van der Waals surface area contributed by atoms with E-state index < -0.39 is 24.4 Å². The molecule has 3 N–H and O–H groups in total. The second-order valence-corrected chi connectivity index (χ2v) is 4.04. The third kappa shape index (κ3) is 5.39. The summed E-state index contributed by atoms with van der Waals surface area (Å²) in [6, 6.07) is 6.35. The fraction of sp³-hybridized carbons (Fsp3) is 0.385. The van der Waals surface area contributed by atoms with Crippen molar-refractivity contribution in [1.82, 2.24) is 5.32 Å². The molecule has 1 aromatic rings. The first-order valence-corrected chi connectivity index (χ1v) is 5.84. The van der Waals surface area contributed by atoms with E-state index in [0.717, 1.165) is 11.3 Å². The molecule has 1 atom stereocenters. The number of methoxy groups -OCH3 is 1. The van der Waals surface area contributed by atoms with Crippen LogP contribution in [0.2, 0.25) is 0 Å². The fourth-order valence-corrected chi connectivity index (χ4v) is 1.60. The molecular weight excluding hydrogens is 250 g/mol. The van der Waals surface area contributed by atoms with E-state index >= 15 is 0 Å². The van der Waals surface area contributed by atoms with Gasteiger partial charge >= 0.3 is 11.9 Å². The van der Waals surface area contributed by atoms with E-state index in [1.807, 2.05) is 24.3 Å². The fourth-order valence-electron chi connectivity index (χ4n) is 1.60. The summed E-state index contributed by atoms with van der Waals surface area (Å²) in [4.78, 5) is 21.3. The molecule has 0 fully saturated rings. The maximum absolute atomic E-state index is 10.8. The van der Waals surface area contributed by atoms with Gasteiger partial charge in [0.2, 0.25) is 0 Å². The second kappa shape index (κ2) is 7.38. The predicted molar refractivity (Wildman–Crippen MR) is 68.4 cm³/mol. The van der Waals surface area contributed by atoms with Gasteiger partial charge < -0.3 is 20.3 Å². The number of hydrogen-bond acceptors (Lipinski definition) is 4. The van der Waals surface area contributed by atoms with E-state index in [1.54, 1.807) is 7.11 Å². The number of benzene rings is 1. The molecule has 0 saturated heterocycles. The van der Waals surface area contributed by atoms with Gasteiger partial charge in [-0.05, 0) is 30.7 Å². The van der Waals surface area contributed by atoms with Gasteiger partial charge in [-0.25, -0.2) is 0 Å². The number of hydrogen-bond donors (Lipinski definition) is 3. The minimum absolute atomic E-state index is 0.399. The lowest BCUT2D eigenvalue weighted by Crippen LogP contribution is -2.39. The van der Waals surface area contributed by atoms with Crippen LogP contribution in [0.15, 0.2) is 24.3 Å². The molecule has 6 heteroatoms. The van der Waals surface area contributed by atoms with Crippen LogP contribution < -0.4 is 10.1 Å². The summed E-state index contributed by atoms with van der Waals surface area (Å²) >= 11 is 0. The van der Waals surface area contributed by atoms with Gasteiger partial charge in [-0.3, -0.25) is 9.59 Å². The maximum Gasteiger partial charge on any atom is 0.321 e. The molecule has 0 spiro atoms. The molecule has 1 unspecified atom stereocenters. The zero-order valence-corrected chi connectivity index (χ0v) is 10.6. The predicted octanol–water partition coefficient (Wildman–Crippen LogP) is 0.755. The molecule has 0 aliphatic rings. The molecule has 0 aliphatic heterocycles. The summed E-state index contributed by atoms with van der Waals surface area (Å²) in [6.45, 7) is 0.399. The van der Waals surface area contributed by atoms with Crippen LogP contribution in [-0.2, 0) is 16.0 Å². The molecule has 0 aliphatic carbocycles. The molecule has 0 amide bonds. The number of carboxylic acids is 2. The minimum Gasteiger partial charge on any atom is -0.497 e. The summed E-state index contributed by atoms with van der Waals surface area (Å²) in [5, 5.41) is 20.2. The van der Waals surface area contributed by atoms with Crippen LogP contribution in [0.5, 0.6) is 5.75 Å². The van der Waals surface area contributed by atoms with Crippen molar-refractivity contribution in [3.63, 3.8) is 0 Å². The van der Waals surface area contributed by atoms with Crippen molar-refractivity contribution in [3.8, 4) is 5.75 Å². The lowest BCUT2D eigenvalue weighted by molar-refractivity contribution is -0.145. The van der Waals surface area contributed by atoms with Crippen molar-refractivity contribution in [2.24, 2.45) is 0 Å². The van der Waals surface area contributed by atoms with Gasteiger partial charge in [0.05, 0.1) is 13.5 Å². The van der Waals surface area contributed by atoms with Gasteiger partial charge in [0.15, 0.2) is 0 Å². The van der Waals surface area contributed by atoms with Gasteiger partial charge in [0.1, 0.15) is 11.8 Å². The van der Waals surface area contributed by atoms with Gasteiger partial charge in [0, 0.05) is 0 Å². The third-order valence-electron chi connectivity index (χ3n) is 2.64. The monoisotopic (exact) mass is 267 g/mol. The average molecular weight is 267 g/mol. The highest BCUT2D eigenvalue weighted by Gasteiger charge is 2.19. The van der Waals surface area contributed by atoms with E-state index in [0.29, 0.717) is 13.0 Å². The molecule has 0 radical (unpaired) electrons. The van der Waals surface area contributed by atoms with E-state index in [2.05, 4.69) is 5.32 Å². The van der Waals surface area contributed by atoms with Crippen LogP contribution in [-0.4, -0.2) is 41.8 Å². The molecule has 19 heavy (non-hydrogen) atoms. The summed E-state index contributed by atoms with van der Waals surface area (Å²) < 4.78 is 5.03. The summed E-state index contributed by atoms with van der Waals surface area (Å²) in [5.74, 6) is -1.53. The average Bonchev–Trinajstić information content (AvgIpc) is 2.37. The Morgan fingerprint density at radius 1 is 1.26 bits per heavy atom. The Kier molecular flexibility index (Phi) is 5.81. The first kappa shape index (κ1) is 15.0. The summed E-state index contributed by atoms with van der Waals surface area (Å²) in [7, 11) is 1.58.